The van der Waals surface area contributed by atoms with Gasteiger partial charge in [-0.2, -0.15) is 0 Å². The third-order valence-corrected chi connectivity index (χ3v) is 4.24. The fourth-order valence-corrected chi connectivity index (χ4v) is 3.04. The number of hydrogen-bond donors (Lipinski definition) is 0. The summed E-state index contributed by atoms with van der Waals surface area (Å²) >= 11 is 6.10. The van der Waals surface area contributed by atoms with E-state index in [1.807, 2.05) is 29.2 Å². The van der Waals surface area contributed by atoms with Gasteiger partial charge in [0.1, 0.15) is 5.69 Å². The maximum Gasteiger partial charge on any atom is 0.274 e. The summed E-state index contributed by atoms with van der Waals surface area (Å²) in [5.41, 5.74) is 2.25. The van der Waals surface area contributed by atoms with Crippen molar-refractivity contribution in [1.29, 1.82) is 0 Å². The molecule has 1 amide bonds. The second-order valence-corrected chi connectivity index (χ2v) is 5.66. The molecular weight excluding hydrogens is 296 g/mol. The number of terminal acetylenes is 1. The topological polar surface area (TPSA) is 33.2 Å². The SMILES string of the molecule is C#Cc1ccc(C2CCCN2C(=O)c2ncccc2Cl)cc1. The van der Waals surface area contributed by atoms with Crippen molar-refractivity contribution in [3.63, 3.8) is 0 Å². The van der Waals surface area contributed by atoms with Gasteiger partial charge >= 0.3 is 0 Å². The molecule has 0 spiro atoms. The van der Waals surface area contributed by atoms with Gasteiger partial charge in [0.25, 0.3) is 5.91 Å². The van der Waals surface area contributed by atoms with Crippen molar-refractivity contribution < 1.29 is 4.79 Å². The van der Waals surface area contributed by atoms with Crippen LogP contribution in [0.15, 0.2) is 42.6 Å². The molecule has 1 aliphatic rings. The molecule has 0 aliphatic carbocycles. The van der Waals surface area contributed by atoms with E-state index in [-0.39, 0.29) is 11.9 Å². The Labute approximate surface area is 134 Å². The number of carbonyl (C=O) groups excluding carboxylic acids is 1. The summed E-state index contributed by atoms with van der Waals surface area (Å²) in [5, 5.41) is 0.390. The highest BCUT2D eigenvalue weighted by Gasteiger charge is 2.31. The summed E-state index contributed by atoms with van der Waals surface area (Å²) in [6.07, 6.45) is 8.88. The highest BCUT2D eigenvalue weighted by atomic mass is 35.5. The first-order chi connectivity index (χ1) is 10.7. The van der Waals surface area contributed by atoms with Crippen molar-refractivity contribution in [2.24, 2.45) is 0 Å². The number of likely N-dealkylation sites (tertiary alicyclic amines) is 1. The molecule has 3 rings (SSSR count). The van der Waals surface area contributed by atoms with Gasteiger partial charge in [0.2, 0.25) is 0 Å². The Balaban J connectivity index is 1.88. The molecule has 0 bridgehead atoms. The lowest BCUT2D eigenvalue weighted by Gasteiger charge is -2.25. The minimum atomic E-state index is -0.117. The highest BCUT2D eigenvalue weighted by molar-refractivity contribution is 6.33. The first-order valence-corrected chi connectivity index (χ1v) is 7.56. The molecule has 1 aromatic heterocycles. The molecule has 0 radical (unpaired) electrons. The van der Waals surface area contributed by atoms with Gasteiger partial charge in [-0.05, 0) is 42.7 Å². The van der Waals surface area contributed by atoms with Gasteiger partial charge in [-0.15, -0.1) is 6.42 Å². The number of aromatic nitrogens is 1. The first kappa shape index (κ1) is 14.6. The minimum absolute atomic E-state index is 0.0531. The molecular formula is C18H15ClN2O. The van der Waals surface area contributed by atoms with Crippen LogP contribution < -0.4 is 0 Å². The Morgan fingerprint density at radius 3 is 2.77 bits per heavy atom. The smallest absolute Gasteiger partial charge is 0.274 e. The van der Waals surface area contributed by atoms with Crippen LogP contribution in [0.2, 0.25) is 5.02 Å². The molecule has 2 aromatic rings. The van der Waals surface area contributed by atoms with E-state index >= 15 is 0 Å². The van der Waals surface area contributed by atoms with Crippen LogP contribution in [0.1, 0.15) is 40.5 Å². The molecule has 1 aliphatic heterocycles. The van der Waals surface area contributed by atoms with Crippen molar-refractivity contribution in [2.75, 3.05) is 6.54 Å². The van der Waals surface area contributed by atoms with E-state index in [9.17, 15) is 4.79 Å². The quantitative estimate of drug-likeness (QED) is 0.793. The standard InChI is InChI=1S/C18H15ClN2O/c1-2-13-7-9-14(10-8-13)16-6-4-12-21(16)18(22)17-15(19)5-3-11-20-17/h1,3,5,7-11,16H,4,6,12H2. The van der Waals surface area contributed by atoms with Crippen LogP contribution in [0.3, 0.4) is 0 Å². The van der Waals surface area contributed by atoms with Gasteiger partial charge in [-0.1, -0.05) is 29.7 Å². The zero-order valence-corrected chi connectivity index (χ0v) is 12.8. The molecule has 0 N–H and O–H groups in total. The summed E-state index contributed by atoms with van der Waals surface area (Å²) < 4.78 is 0. The molecule has 1 fully saturated rings. The third kappa shape index (κ3) is 2.70. The maximum atomic E-state index is 12.7. The lowest BCUT2D eigenvalue weighted by molar-refractivity contribution is 0.0730. The Hall–Kier alpha value is -2.31. The lowest BCUT2D eigenvalue weighted by Crippen LogP contribution is -2.31. The molecule has 1 aromatic carbocycles. The summed E-state index contributed by atoms with van der Waals surface area (Å²) in [5.74, 6) is 2.49. The van der Waals surface area contributed by atoms with Crippen molar-refractivity contribution >= 4 is 17.5 Å². The van der Waals surface area contributed by atoms with Gasteiger partial charge in [0.15, 0.2) is 0 Å². The van der Waals surface area contributed by atoms with Gasteiger partial charge in [-0.3, -0.25) is 4.79 Å². The van der Waals surface area contributed by atoms with E-state index in [2.05, 4.69) is 10.9 Å². The second-order valence-electron chi connectivity index (χ2n) is 5.26. The van der Waals surface area contributed by atoms with Crippen LogP contribution in [-0.4, -0.2) is 22.3 Å². The van der Waals surface area contributed by atoms with Gasteiger partial charge in [0.05, 0.1) is 11.1 Å². The van der Waals surface area contributed by atoms with Crippen LogP contribution in [0, 0.1) is 12.3 Å². The molecule has 1 unspecified atom stereocenters. The molecule has 0 saturated carbocycles. The molecule has 4 heteroatoms. The van der Waals surface area contributed by atoms with E-state index in [4.69, 9.17) is 18.0 Å². The number of nitrogens with zero attached hydrogens (tertiary/aromatic N) is 2. The molecule has 1 saturated heterocycles. The Bertz CT molecular complexity index is 733. The molecule has 1 atom stereocenters. The normalized spacial score (nSPS) is 17.3. The van der Waals surface area contributed by atoms with Gasteiger partial charge in [-0.25, -0.2) is 4.98 Å². The number of pyridine rings is 1. The van der Waals surface area contributed by atoms with E-state index in [0.29, 0.717) is 17.3 Å². The van der Waals surface area contributed by atoms with Gasteiger partial charge in [0, 0.05) is 18.3 Å². The van der Waals surface area contributed by atoms with Crippen LogP contribution in [0.25, 0.3) is 0 Å². The Morgan fingerprint density at radius 2 is 2.09 bits per heavy atom. The monoisotopic (exact) mass is 310 g/mol. The van der Waals surface area contributed by atoms with Crippen LogP contribution >= 0.6 is 11.6 Å². The van der Waals surface area contributed by atoms with E-state index in [1.54, 1.807) is 18.3 Å². The van der Waals surface area contributed by atoms with Crippen LogP contribution in [0.5, 0.6) is 0 Å². The van der Waals surface area contributed by atoms with Crippen LogP contribution in [0.4, 0.5) is 0 Å². The highest BCUT2D eigenvalue weighted by Crippen LogP contribution is 2.33. The Kier molecular flexibility index (Phi) is 4.13. The number of hydrogen-bond acceptors (Lipinski definition) is 2. The molecule has 3 nitrogen and oxygen atoms in total. The predicted molar refractivity (Wildman–Crippen MR) is 86.6 cm³/mol. The number of rotatable bonds is 2. The molecule has 2 heterocycles. The van der Waals surface area contributed by atoms with Crippen molar-refractivity contribution in [2.45, 2.75) is 18.9 Å². The fourth-order valence-electron chi connectivity index (χ4n) is 2.84. The minimum Gasteiger partial charge on any atom is -0.330 e. The van der Waals surface area contributed by atoms with Crippen molar-refractivity contribution in [3.05, 3.63) is 64.4 Å². The zero-order valence-electron chi connectivity index (χ0n) is 12.0. The van der Waals surface area contributed by atoms with E-state index < -0.39 is 0 Å². The van der Waals surface area contributed by atoms with E-state index in [0.717, 1.165) is 24.0 Å². The lowest BCUT2D eigenvalue weighted by atomic mass is 10.0. The van der Waals surface area contributed by atoms with Crippen molar-refractivity contribution in [3.8, 4) is 12.3 Å². The van der Waals surface area contributed by atoms with E-state index in [1.165, 1.54) is 0 Å². The maximum absolute atomic E-state index is 12.7. The third-order valence-electron chi connectivity index (χ3n) is 3.94. The summed E-state index contributed by atoms with van der Waals surface area (Å²) in [4.78, 5) is 18.7. The largest absolute Gasteiger partial charge is 0.330 e. The first-order valence-electron chi connectivity index (χ1n) is 7.19. The van der Waals surface area contributed by atoms with Crippen molar-refractivity contribution in [1.82, 2.24) is 9.88 Å². The number of benzene rings is 1. The summed E-state index contributed by atoms with van der Waals surface area (Å²) in [6.45, 7) is 0.716. The average molecular weight is 311 g/mol. The fraction of sp³-hybridized carbons (Fsp3) is 0.222. The summed E-state index contributed by atoms with van der Waals surface area (Å²) in [7, 11) is 0. The average Bonchev–Trinajstić information content (AvgIpc) is 3.04. The zero-order chi connectivity index (χ0) is 15.5. The second kappa shape index (κ2) is 6.21. The van der Waals surface area contributed by atoms with Crippen LogP contribution in [-0.2, 0) is 0 Å². The number of amides is 1. The molecule has 22 heavy (non-hydrogen) atoms. The number of halogens is 1. The number of carbonyl (C=O) groups is 1. The van der Waals surface area contributed by atoms with Gasteiger partial charge < -0.3 is 4.90 Å². The molecule has 110 valence electrons. The predicted octanol–water partition coefficient (Wildman–Crippen LogP) is 3.69. The Morgan fingerprint density at radius 1 is 1.32 bits per heavy atom. The summed E-state index contributed by atoms with van der Waals surface area (Å²) in [6, 6.07) is 11.3.